The summed E-state index contributed by atoms with van der Waals surface area (Å²) in [5.41, 5.74) is 3.72. The third-order valence-electron chi connectivity index (χ3n) is 3.51. The fraction of sp³-hybridized carbons (Fsp3) is 0.412. The molecule has 1 heterocycles. The van der Waals surface area contributed by atoms with Gasteiger partial charge in [-0.25, -0.2) is 9.97 Å². The molecule has 112 valence electrons. The van der Waals surface area contributed by atoms with E-state index in [1.165, 1.54) is 11.1 Å². The zero-order valence-corrected chi connectivity index (χ0v) is 13.3. The van der Waals surface area contributed by atoms with Gasteiger partial charge in [0.2, 0.25) is 0 Å². The summed E-state index contributed by atoms with van der Waals surface area (Å²) in [5, 5.41) is 6.78. The van der Waals surface area contributed by atoms with Gasteiger partial charge in [0.15, 0.2) is 0 Å². The summed E-state index contributed by atoms with van der Waals surface area (Å²) in [7, 11) is 0. The number of aryl methyl sites for hydroxylation is 1. The van der Waals surface area contributed by atoms with Crippen LogP contribution >= 0.6 is 0 Å². The highest BCUT2D eigenvalue weighted by Crippen LogP contribution is 2.28. The molecule has 2 N–H and O–H groups in total. The summed E-state index contributed by atoms with van der Waals surface area (Å²) >= 11 is 0. The van der Waals surface area contributed by atoms with E-state index in [0.717, 1.165) is 30.3 Å². The summed E-state index contributed by atoms with van der Waals surface area (Å²) < 4.78 is 0. The average Bonchev–Trinajstić information content (AvgIpc) is 2.46. The molecule has 21 heavy (non-hydrogen) atoms. The van der Waals surface area contributed by atoms with Crippen molar-refractivity contribution in [3.05, 3.63) is 47.3 Å². The van der Waals surface area contributed by atoms with E-state index in [1.54, 1.807) is 6.33 Å². The first-order chi connectivity index (χ1) is 10.1. The maximum atomic E-state index is 4.43. The first-order valence-corrected chi connectivity index (χ1v) is 7.50. The second kappa shape index (κ2) is 7.07. The van der Waals surface area contributed by atoms with Gasteiger partial charge in [0.05, 0.1) is 0 Å². The zero-order valence-electron chi connectivity index (χ0n) is 13.3. The normalized spacial score (nSPS) is 10.7. The van der Waals surface area contributed by atoms with Crippen molar-refractivity contribution in [2.24, 2.45) is 0 Å². The predicted molar refractivity (Wildman–Crippen MR) is 88.8 cm³/mol. The minimum Gasteiger partial charge on any atom is -0.370 e. The lowest BCUT2D eigenvalue weighted by molar-refractivity contribution is 0.844. The fourth-order valence-corrected chi connectivity index (χ4v) is 2.38. The molecule has 0 amide bonds. The summed E-state index contributed by atoms with van der Waals surface area (Å²) in [4.78, 5) is 8.79. The molecule has 0 saturated carbocycles. The van der Waals surface area contributed by atoms with Crippen LogP contribution in [0.1, 0.15) is 43.4 Å². The minimum absolute atomic E-state index is 0.361. The molecule has 4 nitrogen and oxygen atoms in total. The summed E-state index contributed by atoms with van der Waals surface area (Å²) in [6, 6.07) is 8.40. The van der Waals surface area contributed by atoms with Crippen molar-refractivity contribution in [3.8, 4) is 0 Å². The monoisotopic (exact) mass is 284 g/mol. The van der Waals surface area contributed by atoms with Crippen LogP contribution in [0.25, 0.3) is 0 Å². The maximum Gasteiger partial charge on any atom is 0.135 e. The molecule has 0 atom stereocenters. The molecule has 2 aromatic rings. The molecule has 0 unspecified atom stereocenters. The largest absolute Gasteiger partial charge is 0.370 e. The molecule has 0 aliphatic rings. The smallest absolute Gasteiger partial charge is 0.135 e. The quantitative estimate of drug-likeness (QED) is 0.843. The van der Waals surface area contributed by atoms with Crippen LogP contribution in [-0.4, -0.2) is 16.5 Å². The summed E-state index contributed by atoms with van der Waals surface area (Å²) in [6.45, 7) is 10.2. The van der Waals surface area contributed by atoms with E-state index in [0.29, 0.717) is 5.92 Å². The molecule has 0 spiro atoms. The van der Waals surface area contributed by atoms with Crippen LogP contribution in [0.2, 0.25) is 0 Å². The van der Waals surface area contributed by atoms with Crippen LogP contribution in [0.5, 0.6) is 0 Å². The van der Waals surface area contributed by atoms with Crippen molar-refractivity contribution >= 4 is 11.6 Å². The van der Waals surface area contributed by atoms with Gasteiger partial charge in [0.25, 0.3) is 0 Å². The maximum absolute atomic E-state index is 4.43. The first kappa shape index (κ1) is 15.3. The average molecular weight is 284 g/mol. The van der Waals surface area contributed by atoms with E-state index in [-0.39, 0.29) is 0 Å². The van der Waals surface area contributed by atoms with Crippen molar-refractivity contribution in [2.75, 3.05) is 17.2 Å². The van der Waals surface area contributed by atoms with E-state index in [2.05, 4.69) is 72.6 Å². The van der Waals surface area contributed by atoms with Crippen LogP contribution < -0.4 is 10.6 Å². The molecule has 0 radical (unpaired) electrons. The zero-order chi connectivity index (χ0) is 15.2. The highest BCUT2D eigenvalue weighted by molar-refractivity contribution is 5.59. The van der Waals surface area contributed by atoms with Crippen LogP contribution in [0.3, 0.4) is 0 Å². The van der Waals surface area contributed by atoms with Crippen molar-refractivity contribution in [1.29, 1.82) is 0 Å². The number of nitrogens with zero attached hydrogens (tertiary/aromatic N) is 2. The second-order valence-corrected chi connectivity index (χ2v) is 5.45. The van der Waals surface area contributed by atoms with Crippen molar-refractivity contribution in [2.45, 2.75) is 40.2 Å². The molecule has 1 aromatic heterocycles. The van der Waals surface area contributed by atoms with E-state index < -0.39 is 0 Å². The van der Waals surface area contributed by atoms with E-state index >= 15 is 0 Å². The van der Waals surface area contributed by atoms with Gasteiger partial charge >= 0.3 is 0 Å². The molecule has 4 heteroatoms. The Labute approximate surface area is 127 Å². The fourth-order valence-electron chi connectivity index (χ4n) is 2.38. The highest BCUT2D eigenvalue weighted by atomic mass is 15.1. The van der Waals surface area contributed by atoms with E-state index in [9.17, 15) is 0 Å². The topological polar surface area (TPSA) is 49.8 Å². The lowest BCUT2D eigenvalue weighted by Crippen LogP contribution is -2.11. The Morgan fingerprint density at radius 3 is 2.33 bits per heavy atom. The van der Waals surface area contributed by atoms with Gasteiger partial charge in [-0.05, 0) is 30.9 Å². The number of hydrogen-bond donors (Lipinski definition) is 2. The number of benzene rings is 1. The molecule has 2 rings (SSSR count). The SMILES string of the molecule is CCNc1ncnc(NCc2ccccc2C)c1C(C)C. The Balaban J connectivity index is 2.23. The van der Waals surface area contributed by atoms with Gasteiger partial charge in [-0.15, -0.1) is 0 Å². The van der Waals surface area contributed by atoms with Crippen LogP contribution in [0.15, 0.2) is 30.6 Å². The molecule has 1 aromatic carbocycles. The number of hydrogen-bond acceptors (Lipinski definition) is 4. The third kappa shape index (κ3) is 3.72. The van der Waals surface area contributed by atoms with Crippen LogP contribution in [0.4, 0.5) is 11.6 Å². The molecule has 0 saturated heterocycles. The molecule has 0 aliphatic carbocycles. The lowest BCUT2D eigenvalue weighted by atomic mass is 10.0. The lowest BCUT2D eigenvalue weighted by Gasteiger charge is -2.17. The first-order valence-electron chi connectivity index (χ1n) is 7.50. The van der Waals surface area contributed by atoms with Crippen molar-refractivity contribution in [1.82, 2.24) is 9.97 Å². The van der Waals surface area contributed by atoms with Gasteiger partial charge in [-0.3, -0.25) is 0 Å². The summed E-state index contributed by atoms with van der Waals surface area (Å²) in [5.74, 6) is 2.20. The number of aromatic nitrogens is 2. The van der Waals surface area contributed by atoms with Crippen molar-refractivity contribution < 1.29 is 0 Å². The van der Waals surface area contributed by atoms with Gasteiger partial charge in [-0.2, -0.15) is 0 Å². The molecular weight excluding hydrogens is 260 g/mol. The second-order valence-electron chi connectivity index (χ2n) is 5.45. The highest BCUT2D eigenvalue weighted by Gasteiger charge is 2.14. The Kier molecular flexibility index (Phi) is 5.14. The van der Waals surface area contributed by atoms with Gasteiger partial charge in [0, 0.05) is 18.7 Å². The molecular formula is C17H24N4. The Morgan fingerprint density at radius 2 is 1.71 bits per heavy atom. The summed E-state index contributed by atoms with van der Waals surface area (Å²) in [6.07, 6.45) is 1.62. The standard InChI is InChI=1S/C17H24N4/c1-5-18-16-15(12(2)3)17(21-11-20-16)19-10-14-9-7-6-8-13(14)4/h6-9,11-12H,5,10H2,1-4H3,(H2,18,19,20,21). The Hall–Kier alpha value is -2.10. The Morgan fingerprint density at radius 1 is 1.05 bits per heavy atom. The van der Waals surface area contributed by atoms with E-state index in [1.807, 2.05) is 0 Å². The van der Waals surface area contributed by atoms with Crippen LogP contribution in [-0.2, 0) is 6.54 Å². The van der Waals surface area contributed by atoms with Gasteiger partial charge in [-0.1, -0.05) is 38.1 Å². The number of rotatable bonds is 6. The predicted octanol–water partition coefficient (Wildman–Crippen LogP) is 3.95. The number of nitrogens with one attached hydrogen (secondary N) is 2. The van der Waals surface area contributed by atoms with Crippen LogP contribution in [0, 0.1) is 6.92 Å². The number of anilines is 2. The van der Waals surface area contributed by atoms with Gasteiger partial charge < -0.3 is 10.6 Å². The molecule has 0 aliphatic heterocycles. The van der Waals surface area contributed by atoms with Crippen molar-refractivity contribution in [3.63, 3.8) is 0 Å². The molecule has 0 bridgehead atoms. The van der Waals surface area contributed by atoms with E-state index in [4.69, 9.17) is 0 Å². The third-order valence-corrected chi connectivity index (χ3v) is 3.51. The molecule has 0 fully saturated rings. The van der Waals surface area contributed by atoms with Gasteiger partial charge in [0.1, 0.15) is 18.0 Å². The Bertz CT molecular complexity index is 593. The minimum atomic E-state index is 0.361.